The summed E-state index contributed by atoms with van der Waals surface area (Å²) >= 11 is -0.601. The van der Waals surface area contributed by atoms with E-state index in [0.717, 1.165) is 6.54 Å². The molecule has 0 aliphatic carbocycles. The smallest absolute Gasteiger partial charge is 0.366 e. The molecule has 0 aliphatic heterocycles. The zero-order valence-corrected chi connectivity index (χ0v) is 9.27. The predicted molar refractivity (Wildman–Crippen MR) is 55.4 cm³/mol. The maximum atomic E-state index is 2.47. The number of benzene rings is 1. The fourth-order valence-electron chi connectivity index (χ4n) is 1.05. The highest BCUT2D eigenvalue weighted by Gasteiger charge is 2.09. The fraction of sp³-hybridized carbons (Fsp3) is 0.400. The first-order chi connectivity index (χ1) is 5.70. The number of hydrogen-bond donors (Lipinski definition) is 0. The van der Waals surface area contributed by atoms with Gasteiger partial charge in [0.05, 0.1) is 0 Å². The first kappa shape index (κ1) is 9.80. The van der Waals surface area contributed by atoms with Crippen LogP contribution in [0, 0.1) is 0 Å². The van der Waals surface area contributed by atoms with Crippen LogP contribution in [0.4, 0.5) is 0 Å². The molecule has 2 heteroatoms. The maximum absolute atomic E-state index is 2.47. The molecule has 0 fully saturated rings. The molecule has 0 atom stereocenters. The monoisotopic (exact) mass is 177 g/mol. The van der Waals surface area contributed by atoms with Crippen LogP contribution in [-0.4, -0.2) is 25.3 Å². The molecular weight excluding hydrogens is 161 g/mol. The molecule has 0 spiro atoms. The molecule has 0 aliphatic rings. The first-order valence-electron chi connectivity index (χ1n) is 4.44. The van der Waals surface area contributed by atoms with Crippen molar-refractivity contribution < 1.29 is 0 Å². The third-order valence-electron chi connectivity index (χ3n) is 2.16. The Labute approximate surface area is 79.6 Å². The molecule has 0 N–H and O–H groups in total. The van der Waals surface area contributed by atoms with Gasteiger partial charge in [0.15, 0.2) is 0 Å². The number of rotatable bonds is 3. The third-order valence-corrected chi connectivity index (χ3v) is 4.10. The van der Waals surface area contributed by atoms with Crippen molar-refractivity contribution in [1.82, 2.24) is 3.88 Å². The van der Waals surface area contributed by atoms with Crippen LogP contribution in [0.5, 0.6) is 0 Å². The van der Waals surface area contributed by atoms with E-state index in [9.17, 15) is 0 Å². The highest BCUT2D eigenvalue weighted by Crippen LogP contribution is 2.03. The average molecular weight is 177 g/mol. The lowest BCUT2D eigenvalue weighted by atomic mass is 10.2. The molecule has 64 valence electrons. The van der Waals surface area contributed by atoms with Crippen molar-refractivity contribution in [2.75, 3.05) is 7.05 Å². The molecule has 0 unspecified atom stereocenters. The Balaban J connectivity index is 2.53. The van der Waals surface area contributed by atoms with Crippen molar-refractivity contribution >= 4 is 14.4 Å². The van der Waals surface area contributed by atoms with Crippen molar-refractivity contribution in [2.24, 2.45) is 0 Å². The summed E-state index contributed by atoms with van der Waals surface area (Å²) < 4.78 is 2.47. The molecule has 0 saturated heterocycles. The molecule has 12 heavy (non-hydrogen) atoms. The Morgan fingerprint density at radius 2 is 1.75 bits per heavy atom. The number of hydrogen-bond acceptors (Lipinski definition) is 1. The Bertz CT molecular complexity index is 221. The summed E-state index contributed by atoms with van der Waals surface area (Å²) in [4.78, 5) is 0. The lowest BCUT2D eigenvalue weighted by Gasteiger charge is -2.18. The maximum Gasteiger partial charge on any atom is 0.366 e. The second kappa shape index (κ2) is 4.67. The van der Waals surface area contributed by atoms with Crippen molar-refractivity contribution in [3.63, 3.8) is 0 Å². The molecule has 1 rings (SSSR count). The Morgan fingerprint density at radius 3 is 2.25 bits per heavy atom. The molecule has 1 nitrogen and oxygen atoms in total. The zero-order chi connectivity index (χ0) is 8.97. The van der Waals surface area contributed by atoms with Crippen LogP contribution in [0.25, 0.3) is 0 Å². The minimum absolute atomic E-state index is 0.601. The Morgan fingerprint density at radius 1 is 1.17 bits per heavy atom. The SMILES string of the molecule is C[N](Cc1ccccc1)[Al]([CH3])[CH3]. The van der Waals surface area contributed by atoms with Gasteiger partial charge < -0.3 is 3.88 Å². The molecule has 0 amide bonds. The van der Waals surface area contributed by atoms with E-state index >= 15 is 0 Å². The van der Waals surface area contributed by atoms with Crippen LogP contribution in [-0.2, 0) is 6.54 Å². The quantitative estimate of drug-likeness (QED) is 0.641. The van der Waals surface area contributed by atoms with Gasteiger partial charge in [0, 0.05) is 6.54 Å². The van der Waals surface area contributed by atoms with Gasteiger partial charge in [-0.05, 0) is 12.6 Å². The topological polar surface area (TPSA) is 3.24 Å². The van der Waals surface area contributed by atoms with Gasteiger partial charge in [0.25, 0.3) is 0 Å². The molecule has 0 saturated carbocycles. The van der Waals surface area contributed by atoms with Gasteiger partial charge in [-0.15, -0.1) is 0 Å². The van der Waals surface area contributed by atoms with E-state index in [0.29, 0.717) is 0 Å². The van der Waals surface area contributed by atoms with Gasteiger partial charge in [-0.2, -0.15) is 0 Å². The van der Waals surface area contributed by atoms with Gasteiger partial charge in [0.1, 0.15) is 0 Å². The predicted octanol–water partition coefficient (Wildman–Crippen LogP) is 2.37. The Hall–Kier alpha value is -0.288. The summed E-state index contributed by atoms with van der Waals surface area (Å²) in [6.45, 7) is 1.10. The highest BCUT2D eigenvalue weighted by molar-refractivity contribution is 6.52. The van der Waals surface area contributed by atoms with E-state index in [4.69, 9.17) is 0 Å². The summed E-state index contributed by atoms with van der Waals surface area (Å²) in [6.07, 6.45) is 0. The van der Waals surface area contributed by atoms with Crippen molar-refractivity contribution in [2.45, 2.75) is 18.1 Å². The Kier molecular flexibility index (Phi) is 3.81. The second-order valence-electron chi connectivity index (χ2n) is 3.49. The van der Waals surface area contributed by atoms with E-state index in [1.165, 1.54) is 5.56 Å². The van der Waals surface area contributed by atoms with Gasteiger partial charge in [-0.25, -0.2) is 0 Å². The molecule has 0 heterocycles. The van der Waals surface area contributed by atoms with E-state index in [1.54, 1.807) is 0 Å². The summed E-state index contributed by atoms with van der Waals surface area (Å²) in [7, 11) is 2.21. The zero-order valence-electron chi connectivity index (χ0n) is 8.12. The van der Waals surface area contributed by atoms with Crippen LogP contribution in [0.2, 0.25) is 11.6 Å². The van der Waals surface area contributed by atoms with E-state index in [1.807, 2.05) is 0 Å². The lowest BCUT2D eigenvalue weighted by Crippen LogP contribution is -2.29. The van der Waals surface area contributed by atoms with Crippen LogP contribution < -0.4 is 0 Å². The van der Waals surface area contributed by atoms with Gasteiger partial charge >= 0.3 is 14.4 Å². The van der Waals surface area contributed by atoms with Gasteiger partial charge in [-0.3, -0.25) is 0 Å². The van der Waals surface area contributed by atoms with Crippen LogP contribution in [0.15, 0.2) is 30.3 Å². The van der Waals surface area contributed by atoms with Crippen molar-refractivity contribution in [3.05, 3.63) is 35.9 Å². The minimum atomic E-state index is -0.601. The van der Waals surface area contributed by atoms with Crippen LogP contribution in [0.3, 0.4) is 0 Å². The summed E-state index contributed by atoms with van der Waals surface area (Å²) in [6, 6.07) is 10.6. The summed E-state index contributed by atoms with van der Waals surface area (Å²) in [5, 5.41) is 0. The largest absolute Gasteiger partial charge is 0.384 e. The molecule has 0 bridgehead atoms. The average Bonchev–Trinajstić information content (AvgIpc) is 2.06. The first-order valence-corrected chi connectivity index (χ1v) is 7.27. The molecule has 1 aromatic rings. The summed E-state index contributed by atoms with van der Waals surface area (Å²) in [5.74, 6) is 4.70. The van der Waals surface area contributed by atoms with Crippen LogP contribution in [0.1, 0.15) is 5.56 Å². The van der Waals surface area contributed by atoms with Gasteiger partial charge in [-0.1, -0.05) is 41.9 Å². The molecular formula is C10H16AlN. The van der Waals surface area contributed by atoms with E-state index in [2.05, 4.69) is 52.8 Å². The van der Waals surface area contributed by atoms with E-state index < -0.39 is 14.4 Å². The minimum Gasteiger partial charge on any atom is -0.384 e. The molecule has 0 radical (unpaired) electrons. The second-order valence-corrected chi connectivity index (χ2v) is 6.56. The van der Waals surface area contributed by atoms with E-state index in [-0.39, 0.29) is 0 Å². The highest BCUT2D eigenvalue weighted by atomic mass is 27.2. The van der Waals surface area contributed by atoms with Crippen molar-refractivity contribution in [3.8, 4) is 0 Å². The third kappa shape index (κ3) is 2.99. The number of nitrogens with zero attached hydrogens (tertiary/aromatic N) is 1. The fourth-order valence-corrected chi connectivity index (χ4v) is 1.63. The standard InChI is InChI=1S/C8H10N.2CH3.Al/c1-9-7-8-5-3-2-4-6-8;;;/h2-6H,7H2,1H3;2*1H3;/q-1;;;+1. The normalized spacial score (nSPS) is 10.3. The van der Waals surface area contributed by atoms with Crippen LogP contribution >= 0.6 is 0 Å². The van der Waals surface area contributed by atoms with Crippen molar-refractivity contribution in [1.29, 1.82) is 0 Å². The molecule has 1 aromatic carbocycles. The summed E-state index contributed by atoms with van der Waals surface area (Å²) in [5.41, 5.74) is 1.42. The lowest BCUT2D eigenvalue weighted by molar-refractivity contribution is 0.520. The molecule has 0 aromatic heterocycles. The van der Waals surface area contributed by atoms with Gasteiger partial charge in [0.2, 0.25) is 0 Å².